The molecule has 1 aliphatic carbocycles. The fourth-order valence-corrected chi connectivity index (χ4v) is 18.1. The maximum Gasteiger partial charge on any atom is 0.0621 e. The first-order valence-corrected chi connectivity index (χ1v) is 39.8. The van der Waals surface area contributed by atoms with E-state index in [1.165, 1.54) is 55.1 Å². The van der Waals surface area contributed by atoms with E-state index in [1.807, 2.05) is 0 Å². The average Bonchev–Trinajstić information content (AvgIpc) is 1.61. The van der Waals surface area contributed by atoms with Crippen molar-refractivity contribution in [3.63, 3.8) is 0 Å². The van der Waals surface area contributed by atoms with Crippen molar-refractivity contribution >= 4 is 133 Å². The first-order chi connectivity index (χ1) is 56.8. The number of rotatable bonds is 16. The third-order valence-electron chi connectivity index (χ3n) is 23.7. The highest BCUT2D eigenvalue weighted by molar-refractivity contribution is 6.26. The molecular weight excluding hydrogens is 1390 g/mol. The largest absolute Gasteiger partial charge is 0.310 e. The van der Waals surface area contributed by atoms with Gasteiger partial charge in [0.1, 0.15) is 0 Å². The summed E-state index contributed by atoms with van der Waals surface area (Å²) in [5.74, 6) is 0. The van der Waals surface area contributed by atoms with Crippen LogP contribution in [-0.4, -0.2) is 0 Å². The molecule has 0 bridgehead atoms. The standard InChI is InChI=1S/C111H78N4/c1-111(2)104-72-94(113(106-45-23-39-84-35-17-20-42-95(84)106)89-59-50-81(51-60-89)76-28-9-4-10-29-76)66-68-98(104)100-73-102-103(74-105(100)111)109(114(107-46-24-40-85-36-18-21-43-96(85)107)90-61-52-82(53-62-90)77-30-11-5-12-31-77)99-69-67-93(112(92-65-56-79-34-15-16-38-87(79)70-92)88-57-48-80(49-58-88)75-26-7-3-8-27-75)71-101(99)110(102)115(108-47-25-41-86-37-19-22-44-97(86)108)91-63-54-83(55-64-91)78-32-13-6-14-33-78/h3-74H,1-2H3. The van der Waals surface area contributed by atoms with Gasteiger partial charge < -0.3 is 19.6 Å². The van der Waals surface area contributed by atoms with E-state index < -0.39 is 5.41 Å². The zero-order chi connectivity index (χ0) is 76.5. The molecule has 0 aromatic heterocycles. The van der Waals surface area contributed by atoms with Gasteiger partial charge in [0, 0.05) is 82.9 Å². The first kappa shape index (κ1) is 68.2. The van der Waals surface area contributed by atoms with Crippen molar-refractivity contribution in [2.24, 2.45) is 0 Å². The third kappa shape index (κ3) is 12.1. The SMILES string of the molecule is CC1(C)c2cc(N(c3ccc(-c4ccccc4)cc3)c3cccc4ccccc34)ccc2-c2cc3c(N(c4ccc(-c5ccccc5)cc4)c4cccc5ccccc45)c4cc(N(c5ccc(-c6ccccc6)cc5)c5ccc6ccccc6c5)ccc4c(N(c4ccc(-c5ccccc5)cc4)c4cccc5ccccc45)c3cc21. The van der Waals surface area contributed by atoms with Crippen molar-refractivity contribution in [2.75, 3.05) is 19.6 Å². The molecule has 0 heterocycles. The van der Waals surface area contributed by atoms with Crippen molar-refractivity contribution in [3.05, 3.63) is 448 Å². The molecule has 0 radical (unpaired) electrons. The van der Waals surface area contributed by atoms with E-state index in [9.17, 15) is 0 Å². The van der Waals surface area contributed by atoms with Gasteiger partial charge in [-0.15, -0.1) is 0 Å². The van der Waals surface area contributed by atoms with Crippen molar-refractivity contribution in [1.29, 1.82) is 0 Å². The molecule has 0 spiro atoms. The lowest BCUT2D eigenvalue weighted by molar-refractivity contribution is 0.661. The van der Waals surface area contributed by atoms with Crippen LogP contribution in [0.3, 0.4) is 0 Å². The second kappa shape index (κ2) is 28.5. The molecule has 0 saturated carbocycles. The van der Waals surface area contributed by atoms with Crippen LogP contribution in [0.1, 0.15) is 25.0 Å². The van der Waals surface area contributed by atoms with Gasteiger partial charge in [0.05, 0.1) is 28.4 Å². The Hall–Kier alpha value is -14.8. The summed E-state index contributed by atoms with van der Waals surface area (Å²) >= 11 is 0. The minimum atomic E-state index is -0.521. The Kier molecular flexibility index (Phi) is 16.9. The summed E-state index contributed by atoms with van der Waals surface area (Å²) in [6, 6.07) is 162. The summed E-state index contributed by atoms with van der Waals surface area (Å²) in [7, 11) is 0. The summed E-state index contributed by atoms with van der Waals surface area (Å²) in [6.45, 7) is 4.90. The van der Waals surface area contributed by atoms with E-state index >= 15 is 0 Å². The van der Waals surface area contributed by atoms with Gasteiger partial charge in [-0.05, 0) is 209 Å². The zero-order valence-electron chi connectivity index (χ0n) is 63.9. The lowest BCUT2D eigenvalue weighted by atomic mass is 9.81. The Labute approximate surface area is 670 Å². The number of hydrogen-bond donors (Lipinski definition) is 0. The number of nitrogens with zero attached hydrogens (tertiary/aromatic N) is 4. The highest BCUT2D eigenvalue weighted by Crippen LogP contribution is 2.59. The summed E-state index contributed by atoms with van der Waals surface area (Å²) in [4.78, 5) is 10.1. The highest BCUT2D eigenvalue weighted by Gasteiger charge is 2.39. The van der Waals surface area contributed by atoms with Crippen LogP contribution in [0.15, 0.2) is 437 Å². The molecule has 0 aliphatic heterocycles. The van der Waals surface area contributed by atoms with Gasteiger partial charge in [0.2, 0.25) is 0 Å². The van der Waals surface area contributed by atoms with E-state index in [4.69, 9.17) is 0 Å². The Balaban J connectivity index is 0.890. The second-order valence-electron chi connectivity index (χ2n) is 30.7. The molecule has 0 saturated heterocycles. The molecule has 20 aromatic rings. The number of hydrogen-bond acceptors (Lipinski definition) is 4. The molecule has 4 heteroatoms. The maximum atomic E-state index is 2.60. The number of fused-ring (bicyclic) bond motifs is 9. The van der Waals surface area contributed by atoms with E-state index in [0.717, 1.165) is 145 Å². The van der Waals surface area contributed by atoms with Crippen LogP contribution in [0, 0.1) is 0 Å². The molecule has 1 aliphatic rings. The summed E-state index contributed by atoms with van der Waals surface area (Å²) in [5, 5.41) is 13.6. The smallest absolute Gasteiger partial charge is 0.0621 e. The van der Waals surface area contributed by atoms with E-state index in [2.05, 4.69) is 470 Å². The van der Waals surface area contributed by atoms with Crippen LogP contribution in [-0.2, 0) is 5.41 Å². The monoisotopic (exact) mass is 1470 g/mol. The first-order valence-electron chi connectivity index (χ1n) is 39.8. The molecular formula is C111H78N4. The Morgan fingerprint density at radius 3 is 0.930 bits per heavy atom. The fourth-order valence-electron chi connectivity index (χ4n) is 18.1. The highest BCUT2D eigenvalue weighted by atomic mass is 15.2. The van der Waals surface area contributed by atoms with Gasteiger partial charge in [-0.3, -0.25) is 0 Å². The number of benzene rings is 20. The van der Waals surface area contributed by atoms with Gasteiger partial charge in [-0.1, -0.05) is 335 Å². The molecule has 0 fully saturated rings. The molecule has 0 amide bonds. The lowest BCUT2D eigenvalue weighted by Crippen LogP contribution is -2.18. The predicted molar refractivity (Wildman–Crippen MR) is 490 cm³/mol. The lowest BCUT2D eigenvalue weighted by Gasteiger charge is -2.35. The second-order valence-corrected chi connectivity index (χ2v) is 30.7. The minimum Gasteiger partial charge on any atom is -0.310 e. The summed E-state index contributed by atoms with van der Waals surface area (Å²) in [6.07, 6.45) is 0. The topological polar surface area (TPSA) is 13.0 Å². The van der Waals surface area contributed by atoms with Crippen molar-refractivity contribution < 1.29 is 0 Å². The summed E-state index contributed by atoms with van der Waals surface area (Å²) in [5.41, 5.74) is 26.4. The van der Waals surface area contributed by atoms with E-state index in [1.54, 1.807) is 0 Å². The van der Waals surface area contributed by atoms with E-state index in [0.29, 0.717) is 0 Å². The van der Waals surface area contributed by atoms with Crippen LogP contribution < -0.4 is 19.6 Å². The van der Waals surface area contributed by atoms with Gasteiger partial charge in [-0.25, -0.2) is 0 Å². The average molecular weight is 1470 g/mol. The molecule has 0 atom stereocenters. The van der Waals surface area contributed by atoms with Gasteiger partial charge >= 0.3 is 0 Å². The zero-order valence-corrected chi connectivity index (χ0v) is 63.9. The van der Waals surface area contributed by atoms with Gasteiger partial charge in [0.15, 0.2) is 0 Å². The molecule has 542 valence electrons. The van der Waals surface area contributed by atoms with Crippen LogP contribution in [0.25, 0.3) is 120 Å². The van der Waals surface area contributed by atoms with Gasteiger partial charge in [0.25, 0.3) is 0 Å². The Bertz CT molecular complexity index is 7070. The van der Waals surface area contributed by atoms with Crippen LogP contribution >= 0.6 is 0 Å². The maximum absolute atomic E-state index is 2.60. The molecule has 0 N–H and O–H groups in total. The Morgan fingerprint density at radius 1 is 0.165 bits per heavy atom. The third-order valence-corrected chi connectivity index (χ3v) is 23.7. The molecule has 21 rings (SSSR count). The number of anilines is 12. The Morgan fingerprint density at radius 2 is 0.470 bits per heavy atom. The van der Waals surface area contributed by atoms with E-state index in [-0.39, 0.29) is 0 Å². The van der Waals surface area contributed by atoms with Crippen molar-refractivity contribution in [1.82, 2.24) is 0 Å². The molecule has 4 nitrogen and oxygen atoms in total. The van der Waals surface area contributed by atoms with Gasteiger partial charge in [-0.2, -0.15) is 0 Å². The van der Waals surface area contributed by atoms with Crippen LogP contribution in [0.2, 0.25) is 0 Å². The fraction of sp³-hybridized carbons (Fsp3) is 0.0270. The summed E-state index contributed by atoms with van der Waals surface area (Å²) < 4.78 is 0. The predicted octanol–water partition coefficient (Wildman–Crippen LogP) is 31.5. The molecule has 20 aromatic carbocycles. The van der Waals surface area contributed by atoms with Crippen LogP contribution in [0.4, 0.5) is 68.2 Å². The van der Waals surface area contributed by atoms with Crippen molar-refractivity contribution in [3.8, 4) is 55.6 Å². The van der Waals surface area contributed by atoms with Crippen LogP contribution in [0.5, 0.6) is 0 Å². The normalized spacial score (nSPS) is 12.2. The molecule has 115 heavy (non-hydrogen) atoms. The minimum absolute atomic E-state index is 0.521. The van der Waals surface area contributed by atoms with Crippen molar-refractivity contribution in [2.45, 2.75) is 19.3 Å². The quantitative estimate of drug-likeness (QED) is 0.0706. The molecule has 0 unspecified atom stereocenters.